The third kappa shape index (κ3) is 4.51. The molecule has 0 saturated heterocycles. The summed E-state index contributed by atoms with van der Waals surface area (Å²) in [7, 11) is 1.26. The van der Waals surface area contributed by atoms with E-state index in [2.05, 4.69) is 0 Å². The molecule has 0 fully saturated rings. The lowest BCUT2D eigenvalue weighted by Gasteiger charge is -2.14. The summed E-state index contributed by atoms with van der Waals surface area (Å²) in [5.74, 6) is -2.71. The van der Waals surface area contributed by atoms with E-state index in [1.165, 1.54) is 55.6 Å². The second-order valence-corrected chi connectivity index (χ2v) is 8.26. The summed E-state index contributed by atoms with van der Waals surface area (Å²) in [4.78, 5) is 61.6. The van der Waals surface area contributed by atoms with Crippen molar-refractivity contribution < 1.29 is 33.6 Å². The Morgan fingerprint density at radius 3 is 2.00 bits per heavy atom. The first kappa shape index (κ1) is 24.8. The van der Waals surface area contributed by atoms with E-state index in [9.17, 15) is 29.3 Å². The van der Waals surface area contributed by atoms with Crippen LogP contribution in [0.2, 0.25) is 10.0 Å². The van der Waals surface area contributed by atoms with Crippen molar-refractivity contribution in [1.82, 2.24) is 0 Å². The number of anilines is 1. The van der Waals surface area contributed by atoms with E-state index >= 15 is 0 Å². The highest BCUT2D eigenvalue weighted by Crippen LogP contribution is 2.34. The number of fused-ring (bicyclic) bond motifs is 1. The second-order valence-electron chi connectivity index (χ2n) is 7.45. The SMILES string of the molecule is COc1ccc(C(=O)COC(=O)c2ccc(N3C(=O)c4cc(Cl)c(Cl)cc4C3=O)cc2)cc1[N+](=O)[O-]. The summed E-state index contributed by atoms with van der Waals surface area (Å²) >= 11 is 11.9. The van der Waals surface area contributed by atoms with Crippen molar-refractivity contribution >= 4 is 58.1 Å². The topological polar surface area (TPSA) is 133 Å². The molecule has 0 spiro atoms. The molecule has 0 radical (unpaired) electrons. The lowest BCUT2D eigenvalue weighted by molar-refractivity contribution is -0.385. The van der Waals surface area contributed by atoms with Gasteiger partial charge in [0.05, 0.1) is 44.5 Å². The second kappa shape index (κ2) is 9.76. The number of nitro groups is 1. The van der Waals surface area contributed by atoms with E-state index in [-0.39, 0.29) is 43.7 Å². The molecule has 10 nitrogen and oxygen atoms in total. The molecule has 0 saturated carbocycles. The Balaban J connectivity index is 1.44. The van der Waals surface area contributed by atoms with Crippen LogP contribution in [0.3, 0.4) is 0 Å². The van der Waals surface area contributed by atoms with Crippen LogP contribution in [0.5, 0.6) is 5.75 Å². The zero-order valence-electron chi connectivity index (χ0n) is 18.3. The molecule has 12 heteroatoms. The minimum Gasteiger partial charge on any atom is -0.490 e. The summed E-state index contributed by atoms with van der Waals surface area (Å²) in [6.45, 7) is -0.663. The first-order chi connectivity index (χ1) is 17.1. The van der Waals surface area contributed by atoms with Crippen molar-refractivity contribution in [3.8, 4) is 5.75 Å². The molecular formula is C24H14Cl2N2O8. The molecule has 4 rings (SSSR count). The van der Waals surface area contributed by atoms with Crippen molar-refractivity contribution in [3.05, 3.63) is 97.0 Å². The van der Waals surface area contributed by atoms with Gasteiger partial charge in [0.1, 0.15) is 0 Å². The van der Waals surface area contributed by atoms with Crippen LogP contribution in [-0.2, 0) is 4.74 Å². The molecule has 2 amide bonds. The minimum atomic E-state index is -0.848. The zero-order chi connectivity index (χ0) is 26.1. The van der Waals surface area contributed by atoms with Gasteiger partial charge in [-0.3, -0.25) is 24.5 Å². The van der Waals surface area contributed by atoms with Gasteiger partial charge in [-0.1, -0.05) is 23.2 Å². The predicted molar refractivity (Wildman–Crippen MR) is 128 cm³/mol. The molecule has 0 unspecified atom stereocenters. The van der Waals surface area contributed by atoms with E-state index in [4.69, 9.17) is 32.7 Å². The molecule has 3 aromatic carbocycles. The molecule has 0 atom stereocenters. The summed E-state index contributed by atoms with van der Waals surface area (Å²) in [6.07, 6.45) is 0. The number of ether oxygens (including phenoxy) is 2. The first-order valence-corrected chi connectivity index (χ1v) is 10.9. The molecule has 3 aromatic rings. The number of halogens is 2. The fourth-order valence-electron chi connectivity index (χ4n) is 3.52. The van der Waals surface area contributed by atoms with Gasteiger partial charge in [0, 0.05) is 11.6 Å². The van der Waals surface area contributed by atoms with Crippen molar-refractivity contribution in [2.45, 2.75) is 0 Å². The number of hydrogen-bond acceptors (Lipinski definition) is 8. The Kier molecular flexibility index (Phi) is 6.73. The number of rotatable bonds is 7. The number of methoxy groups -OCH3 is 1. The predicted octanol–water partition coefficient (Wildman–Crippen LogP) is 4.75. The van der Waals surface area contributed by atoms with Gasteiger partial charge in [-0.15, -0.1) is 0 Å². The van der Waals surface area contributed by atoms with Crippen molar-refractivity contribution in [2.75, 3.05) is 18.6 Å². The zero-order valence-corrected chi connectivity index (χ0v) is 19.8. The Hall–Kier alpha value is -4.28. The molecule has 0 bridgehead atoms. The average Bonchev–Trinajstić information content (AvgIpc) is 3.10. The van der Waals surface area contributed by atoms with Crippen LogP contribution >= 0.6 is 23.2 Å². The maximum Gasteiger partial charge on any atom is 0.338 e. The summed E-state index contributed by atoms with van der Waals surface area (Å²) in [5, 5.41) is 11.4. The summed E-state index contributed by atoms with van der Waals surface area (Å²) in [6, 6.07) is 11.7. The Bertz CT molecular complexity index is 1410. The number of Topliss-reactive ketones (excluding diaryl/α,β-unsaturated/α-hetero) is 1. The fraction of sp³-hybridized carbons (Fsp3) is 0.0833. The number of ketones is 1. The van der Waals surface area contributed by atoms with E-state index < -0.39 is 40.8 Å². The van der Waals surface area contributed by atoms with E-state index in [0.717, 1.165) is 11.0 Å². The van der Waals surface area contributed by atoms with E-state index in [1.54, 1.807) is 0 Å². The van der Waals surface area contributed by atoms with Crippen LogP contribution in [0.1, 0.15) is 41.4 Å². The van der Waals surface area contributed by atoms with Crippen molar-refractivity contribution in [2.24, 2.45) is 0 Å². The molecule has 36 heavy (non-hydrogen) atoms. The number of nitrogens with zero attached hydrogens (tertiary/aromatic N) is 2. The quantitative estimate of drug-likeness (QED) is 0.141. The minimum absolute atomic E-state index is 0.0158. The monoisotopic (exact) mass is 528 g/mol. The smallest absolute Gasteiger partial charge is 0.338 e. The number of benzene rings is 3. The Labute approximate surface area is 213 Å². The third-order valence-electron chi connectivity index (χ3n) is 5.32. The largest absolute Gasteiger partial charge is 0.490 e. The van der Waals surface area contributed by atoms with Crippen molar-refractivity contribution in [3.63, 3.8) is 0 Å². The number of carbonyl (C=O) groups excluding carboxylic acids is 4. The molecule has 1 aliphatic rings. The maximum absolute atomic E-state index is 12.7. The number of carbonyl (C=O) groups is 4. The number of amides is 2. The van der Waals surface area contributed by atoms with Gasteiger partial charge >= 0.3 is 11.7 Å². The highest BCUT2D eigenvalue weighted by Gasteiger charge is 2.37. The third-order valence-corrected chi connectivity index (χ3v) is 6.04. The van der Waals surface area contributed by atoms with Crippen LogP contribution in [0.25, 0.3) is 0 Å². The van der Waals surface area contributed by atoms with Gasteiger partial charge < -0.3 is 9.47 Å². The van der Waals surface area contributed by atoms with Gasteiger partial charge in [0.15, 0.2) is 12.4 Å². The molecule has 0 aliphatic carbocycles. The lowest BCUT2D eigenvalue weighted by atomic mass is 10.1. The van der Waals surface area contributed by atoms with Crippen LogP contribution < -0.4 is 9.64 Å². The Morgan fingerprint density at radius 2 is 1.47 bits per heavy atom. The molecule has 182 valence electrons. The van der Waals surface area contributed by atoms with Gasteiger partial charge in [0.2, 0.25) is 5.78 Å². The van der Waals surface area contributed by atoms with Crippen molar-refractivity contribution in [1.29, 1.82) is 0 Å². The van der Waals surface area contributed by atoms with Gasteiger partial charge in [0.25, 0.3) is 11.8 Å². The highest BCUT2D eigenvalue weighted by atomic mass is 35.5. The number of esters is 1. The number of hydrogen-bond donors (Lipinski definition) is 0. The van der Waals surface area contributed by atoms with Crippen LogP contribution in [0.4, 0.5) is 11.4 Å². The molecular weight excluding hydrogens is 515 g/mol. The van der Waals surface area contributed by atoms with Gasteiger partial charge in [-0.25, -0.2) is 9.69 Å². The fourth-order valence-corrected chi connectivity index (χ4v) is 3.85. The van der Waals surface area contributed by atoms with Crippen LogP contribution in [0, 0.1) is 10.1 Å². The molecule has 1 aliphatic heterocycles. The van der Waals surface area contributed by atoms with E-state index in [0.29, 0.717) is 0 Å². The Morgan fingerprint density at radius 1 is 0.917 bits per heavy atom. The van der Waals surface area contributed by atoms with Crippen LogP contribution in [0.15, 0.2) is 54.6 Å². The lowest BCUT2D eigenvalue weighted by Crippen LogP contribution is -2.29. The maximum atomic E-state index is 12.7. The highest BCUT2D eigenvalue weighted by molar-refractivity contribution is 6.44. The number of imide groups is 1. The molecule has 1 heterocycles. The van der Waals surface area contributed by atoms with Gasteiger partial charge in [-0.05, 0) is 48.5 Å². The standard InChI is InChI=1S/C24H14Cl2N2O8/c1-35-21-7-4-13(8-19(21)28(33)34)20(29)11-36-24(32)12-2-5-14(6-3-12)27-22(30)15-9-17(25)18(26)10-16(15)23(27)31/h2-10H,11H2,1H3. The first-order valence-electron chi connectivity index (χ1n) is 10.1. The summed E-state index contributed by atoms with van der Waals surface area (Å²) in [5.41, 5.74) is 0.0337. The van der Waals surface area contributed by atoms with Gasteiger partial charge in [-0.2, -0.15) is 0 Å². The normalized spacial score (nSPS) is 12.4. The van der Waals surface area contributed by atoms with E-state index in [1.807, 2.05) is 0 Å². The van der Waals surface area contributed by atoms with Crippen LogP contribution in [-0.4, -0.2) is 42.2 Å². The molecule has 0 N–H and O–H groups in total. The average molecular weight is 529 g/mol. The molecule has 0 aromatic heterocycles. The summed E-state index contributed by atoms with van der Waals surface area (Å²) < 4.78 is 9.91. The number of nitro benzene ring substituents is 1.